The van der Waals surface area contributed by atoms with Crippen LogP contribution in [0.1, 0.15) is 23.5 Å². The van der Waals surface area contributed by atoms with E-state index in [0.717, 1.165) is 12.0 Å². The molecule has 3 aromatic carbocycles. The number of rotatable bonds is 3. The first kappa shape index (κ1) is 14.2. The van der Waals surface area contributed by atoms with Gasteiger partial charge >= 0.3 is 0 Å². The smallest absolute Gasteiger partial charge is 0.0490 e. The van der Waals surface area contributed by atoms with Crippen LogP contribution in [0.4, 0.5) is 0 Å². The average molecular weight is 282 g/mol. The van der Waals surface area contributed by atoms with E-state index in [1.54, 1.807) is 0 Å². The van der Waals surface area contributed by atoms with Gasteiger partial charge in [-0.05, 0) is 41.0 Å². The summed E-state index contributed by atoms with van der Waals surface area (Å²) in [7, 11) is 0. The maximum Gasteiger partial charge on any atom is 0.0490 e. The van der Waals surface area contributed by atoms with Crippen LogP contribution in [0.5, 0.6) is 0 Å². The molecule has 106 valence electrons. The van der Waals surface area contributed by atoms with Gasteiger partial charge in [0.15, 0.2) is 0 Å². The van der Waals surface area contributed by atoms with Crippen molar-refractivity contribution in [2.75, 3.05) is 0 Å². The minimum absolute atomic E-state index is 0.183. The highest BCUT2D eigenvalue weighted by Crippen LogP contribution is 2.24. The van der Waals surface area contributed by atoms with Gasteiger partial charge in [0.25, 0.3) is 0 Å². The quantitative estimate of drug-likeness (QED) is 0.436. The van der Waals surface area contributed by atoms with E-state index in [1.807, 2.05) is 36.4 Å². The summed E-state index contributed by atoms with van der Waals surface area (Å²) in [5.74, 6) is 6.86. The van der Waals surface area contributed by atoms with Crippen molar-refractivity contribution in [1.29, 1.82) is 0 Å². The second-order valence-electron chi connectivity index (χ2n) is 5.32. The largest absolute Gasteiger partial charge is 0.103 e. The van der Waals surface area contributed by atoms with E-state index >= 15 is 0 Å². The van der Waals surface area contributed by atoms with Crippen molar-refractivity contribution in [3.05, 3.63) is 96.6 Å². The summed E-state index contributed by atoms with van der Waals surface area (Å²) in [6, 6.07) is 25.1. The number of benzene rings is 3. The summed E-state index contributed by atoms with van der Waals surface area (Å²) in [6.45, 7) is 3.88. The molecule has 0 aliphatic carbocycles. The van der Waals surface area contributed by atoms with E-state index in [4.69, 9.17) is 0 Å². The Bertz CT molecular complexity index is 832. The zero-order chi connectivity index (χ0) is 15.2. The molecule has 0 nitrogen and oxygen atoms in total. The summed E-state index contributed by atoms with van der Waals surface area (Å²) in [6.07, 6.45) is 2.80. The Kier molecular flexibility index (Phi) is 4.37. The van der Waals surface area contributed by atoms with Gasteiger partial charge in [-0.1, -0.05) is 72.5 Å². The molecule has 1 atom stereocenters. The molecule has 0 amide bonds. The Morgan fingerprint density at radius 3 is 2.36 bits per heavy atom. The molecular weight excluding hydrogens is 264 g/mol. The molecule has 0 radical (unpaired) electrons. The fraction of sp³-hybridized carbons (Fsp3) is 0.0909. The van der Waals surface area contributed by atoms with Gasteiger partial charge < -0.3 is 0 Å². The number of fused-ring (bicyclic) bond motifs is 1. The van der Waals surface area contributed by atoms with Crippen LogP contribution in [-0.2, 0) is 0 Å². The molecular formula is C22H18. The predicted molar refractivity (Wildman–Crippen MR) is 94.8 cm³/mol. The fourth-order valence-electron chi connectivity index (χ4n) is 2.56. The van der Waals surface area contributed by atoms with E-state index in [9.17, 15) is 0 Å². The maximum atomic E-state index is 3.88. The molecule has 0 fully saturated rings. The lowest BCUT2D eigenvalue weighted by molar-refractivity contribution is 0.896. The van der Waals surface area contributed by atoms with E-state index in [-0.39, 0.29) is 5.92 Å². The van der Waals surface area contributed by atoms with Crippen LogP contribution in [0.15, 0.2) is 85.5 Å². The highest BCUT2D eigenvalue weighted by atomic mass is 14.1. The van der Waals surface area contributed by atoms with Gasteiger partial charge in [-0.2, -0.15) is 0 Å². The van der Waals surface area contributed by atoms with Crippen LogP contribution in [-0.4, -0.2) is 0 Å². The highest BCUT2D eigenvalue weighted by Gasteiger charge is 2.07. The van der Waals surface area contributed by atoms with Crippen molar-refractivity contribution in [2.24, 2.45) is 0 Å². The predicted octanol–water partition coefficient (Wildman–Crippen LogP) is 5.55. The molecule has 1 unspecified atom stereocenters. The zero-order valence-corrected chi connectivity index (χ0v) is 12.5. The first-order chi connectivity index (χ1) is 10.9. The van der Waals surface area contributed by atoms with E-state index in [1.165, 1.54) is 16.3 Å². The third-order valence-corrected chi connectivity index (χ3v) is 3.74. The van der Waals surface area contributed by atoms with E-state index in [2.05, 4.69) is 60.9 Å². The Labute approximate surface area is 132 Å². The molecule has 0 spiro atoms. The summed E-state index contributed by atoms with van der Waals surface area (Å²) < 4.78 is 0. The monoisotopic (exact) mass is 282 g/mol. The molecule has 0 bridgehead atoms. The van der Waals surface area contributed by atoms with Crippen LogP contribution >= 0.6 is 0 Å². The zero-order valence-electron chi connectivity index (χ0n) is 12.5. The lowest BCUT2D eigenvalue weighted by atomic mass is 9.93. The van der Waals surface area contributed by atoms with Crippen molar-refractivity contribution in [1.82, 2.24) is 0 Å². The van der Waals surface area contributed by atoms with Gasteiger partial charge in [0.05, 0.1) is 0 Å². The van der Waals surface area contributed by atoms with Gasteiger partial charge in [0.2, 0.25) is 0 Å². The molecule has 0 aliphatic heterocycles. The van der Waals surface area contributed by atoms with Gasteiger partial charge in [0.1, 0.15) is 0 Å². The first-order valence-corrected chi connectivity index (χ1v) is 7.53. The summed E-state index contributed by atoms with van der Waals surface area (Å²) >= 11 is 0. The minimum atomic E-state index is 0.183. The van der Waals surface area contributed by atoms with Gasteiger partial charge in [-0.15, -0.1) is 6.58 Å². The second-order valence-corrected chi connectivity index (χ2v) is 5.32. The summed E-state index contributed by atoms with van der Waals surface area (Å²) in [5, 5.41) is 2.52. The van der Waals surface area contributed by atoms with Crippen LogP contribution in [0, 0.1) is 11.8 Å². The summed E-state index contributed by atoms with van der Waals surface area (Å²) in [5.41, 5.74) is 2.30. The molecule has 3 rings (SSSR count). The Morgan fingerprint density at radius 1 is 0.864 bits per heavy atom. The van der Waals surface area contributed by atoms with Crippen molar-refractivity contribution >= 4 is 10.8 Å². The third-order valence-electron chi connectivity index (χ3n) is 3.74. The molecule has 3 aromatic rings. The van der Waals surface area contributed by atoms with Gasteiger partial charge in [-0.3, -0.25) is 0 Å². The second kappa shape index (κ2) is 6.78. The SMILES string of the molecule is C=CCC(C#Cc1ccccc1)c1ccc2ccccc2c1. The molecule has 0 N–H and O–H groups in total. The van der Waals surface area contributed by atoms with Crippen LogP contribution in [0.25, 0.3) is 10.8 Å². The third kappa shape index (κ3) is 3.27. The molecule has 0 aromatic heterocycles. The lowest BCUT2D eigenvalue weighted by Crippen LogP contribution is -1.94. The number of hydrogen-bond acceptors (Lipinski definition) is 0. The summed E-state index contributed by atoms with van der Waals surface area (Å²) in [4.78, 5) is 0. The highest BCUT2D eigenvalue weighted by molar-refractivity contribution is 5.83. The van der Waals surface area contributed by atoms with Crippen molar-refractivity contribution in [3.63, 3.8) is 0 Å². The topological polar surface area (TPSA) is 0 Å². The number of allylic oxidation sites excluding steroid dienone is 1. The normalized spacial score (nSPS) is 11.5. The van der Waals surface area contributed by atoms with Crippen molar-refractivity contribution < 1.29 is 0 Å². The van der Waals surface area contributed by atoms with E-state index in [0.29, 0.717) is 0 Å². The molecule has 0 saturated carbocycles. The first-order valence-electron chi connectivity index (χ1n) is 7.53. The molecule has 0 heterocycles. The van der Waals surface area contributed by atoms with E-state index < -0.39 is 0 Å². The molecule has 0 saturated heterocycles. The average Bonchev–Trinajstić information content (AvgIpc) is 2.59. The molecule has 0 aliphatic rings. The van der Waals surface area contributed by atoms with Crippen molar-refractivity contribution in [3.8, 4) is 11.8 Å². The van der Waals surface area contributed by atoms with Crippen LogP contribution < -0.4 is 0 Å². The van der Waals surface area contributed by atoms with Crippen LogP contribution in [0.3, 0.4) is 0 Å². The van der Waals surface area contributed by atoms with Gasteiger partial charge in [-0.25, -0.2) is 0 Å². The Hall–Kier alpha value is -2.78. The van der Waals surface area contributed by atoms with Crippen LogP contribution in [0.2, 0.25) is 0 Å². The fourth-order valence-corrected chi connectivity index (χ4v) is 2.56. The Morgan fingerprint density at radius 2 is 1.59 bits per heavy atom. The minimum Gasteiger partial charge on any atom is -0.103 e. The Balaban J connectivity index is 1.95. The number of hydrogen-bond donors (Lipinski definition) is 0. The lowest BCUT2D eigenvalue weighted by Gasteiger charge is -2.10. The molecule has 0 heteroatoms. The molecule has 22 heavy (non-hydrogen) atoms. The van der Waals surface area contributed by atoms with Crippen molar-refractivity contribution in [2.45, 2.75) is 12.3 Å². The standard InChI is InChI=1S/C22H18/c1-2-8-19(14-13-18-9-4-3-5-10-18)22-16-15-20-11-6-7-12-21(20)17-22/h2-7,9-12,15-17,19H,1,8H2. The maximum absolute atomic E-state index is 3.88. The van der Waals surface area contributed by atoms with Gasteiger partial charge in [0, 0.05) is 11.5 Å².